The SMILES string of the molecule is CCCC=CCOCC(C)(C)[O]. The van der Waals surface area contributed by atoms with Crippen molar-refractivity contribution in [3.63, 3.8) is 0 Å². The molecule has 0 fully saturated rings. The van der Waals surface area contributed by atoms with Crippen molar-refractivity contribution in [1.82, 2.24) is 0 Å². The lowest BCUT2D eigenvalue weighted by atomic mass is 10.2. The average molecular weight is 171 g/mol. The highest BCUT2D eigenvalue weighted by molar-refractivity contribution is 4.81. The van der Waals surface area contributed by atoms with Gasteiger partial charge in [0.25, 0.3) is 0 Å². The van der Waals surface area contributed by atoms with Gasteiger partial charge in [0.15, 0.2) is 0 Å². The Morgan fingerprint density at radius 2 is 2.00 bits per heavy atom. The molecule has 0 aliphatic carbocycles. The van der Waals surface area contributed by atoms with Gasteiger partial charge in [0, 0.05) is 0 Å². The number of allylic oxidation sites excluding steroid dienone is 1. The fourth-order valence-corrected chi connectivity index (χ4v) is 0.725. The summed E-state index contributed by atoms with van der Waals surface area (Å²) in [6.45, 7) is 6.23. The van der Waals surface area contributed by atoms with Crippen LogP contribution in [0.2, 0.25) is 0 Å². The summed E-state index contributed by atoms with van der Waals surface area (Å²) in [6.07, 6.45) is 6.29. The van der Waals surface area contributed by atoms with Gasteiger partial charge in [-0.1, -0.05) is 25.5 Å². The van der Waals surface area contributed by atoms with Crippen LogP contribution < -0.4 is 0 Å². The molecule has 12 heavy (non-hydrogen) atoms. The Morgan fingerprint density at radius 3 is 2.50 bits per heavy atom. The van der Waals surface area contributed by atoms with E-state index in [1.807, 2.05) is 6.08 Å². The summed E-state index contributed by atoms with van der Waals surface area (Å²) < 4.78 is 5.15. The second-order valence-electron chi connectivity index (χ2n) is 3.53. The van der Waals surface area contributed by atoms with E-state index in [2.05, 4.69) is 13.0 Å². The van der Waals surface area contributed by atoms with Crippen molar-refractivity contribution in [2.45, 2.75) is 39.2 Å². The van der Waals surface area contributed by atoms with Crippen LogP contribution in [0.5, 0.6) is 0 Å². The van der Waals surface area contributed by atoms with Gasteiger partial charge in [-0.05, 0) is 20.3 Å². The van der Waals surface area contributed by atoms with Crippen LogP contribution in [0.3, 0.4) is 0 Å². The van der Waals surface area contributed by atoms with Crippen LogP contribution in [-0.4, -0.2) is 18.8 Å². The molecule has 0 heterocycles. The maximum absolute atomic E-state index is 11.0. The molecule has 0 bridgehead atoms. The number of unbranched alkanes of at least 4 members (excludes halogenated alkanes) is 1. The van der Waals surface area contributed by atoms with E-state index in [0.717, 1.165) is 12.8 Å². The van der Waals surface area contributed by atoms with Crippen LogP contribution in [0.4, 0.5) is 0 Å². The lowest BCUT2D eigenvalue weighted by Gasteiger charge is -2.12. The predicted octanol–water partition coefficient (Wildman–Crippen LogP) is 2.57. The van der Waals surface area contributed by atoms with Gasteiger partial charge in [-0.3, -0.25) is 0 Å². The Labute approximate surface area is 75.2 Å². The van der Waals surface area contributed by atoms with Gasteiger partial charge in [0.05, 0.1) is 13.2 Å². The van der Waals surface area contributed by atoms with Gasteiger partial charge < -0.3 is 4.74 Å². The van der Waals surface area contributed by atoms with Crippen LogP contribution in [-0.2, 0) is 9.84 Å². The van der Waals surface area contributed by atoms with E-state index in [1.54, 1.807) is 13.8 Å². The molecule has 0 N–H and O–H groups in total. The molecule has 0 aromatic carbocycles. The van der Waals surface area contributed by atoms with E-state index in [-0.39, 0.29) is 6.61 Å². The first-order valence-corrected chi connectivity index (χ1v) is 4.49. The molecule has 0 aromatic heterocycles. The standard InChI is InChI=1S/C10H19O2/c1-4-5-6-7-8-12-9-10(2,3)11/h6-7H,4-5,8-9H2,1-3H3. The third-order valence-corrected chi connectivity index (χ3v) is 1.29. The van der Waals surface area contributed by atoms with E-state index >= 15 is 0 Å². The number of ether oxygens (including phenoxy) is 1. The van der Waals surface area contributed by atoms with E-state index in [1.165, 1.54) is 0 Å². The molecule has 0 unspecified atom stereocenters. The largest absolute Gasteiger partial charge is 0.374 e. The van der Waals surface area contributed by atoms with Crippen molar-refractivity contribution in [2.24, 2.45) is 0 Å². The lowest BCUT2D eigenvalue weighted by molar-refractivity contribution is -0.0604. The van der Waals surface area contributed by atoms with Crippen molar-refractivity contribution in [3.8, 4) is 0 Å². The highest BCUT2D eigenvalue weighted by Crippen LogP contribution is 2.01. The van der Waals surface area contributed by atoms with E-state index in [0.29, 0.717) is 6.61 Å². The second kappa shape index (κ2) is 6.21. The minimum absolute atomic E-state index is 0.281. The molecule has 0 spiro atoms. The maximum Gasteiger partial charge on any atom is 0.121 e. The third kappa shape index (κ3) is 9.66. The minimum atomic E-state index is -0.960. The number of rotatable bonds is 6. The summed E-state index contributed by atoms with van der Waals surface area (Å²) in [7, 11) is 0. The van der Waals surface area contributed by atoms with Gasteiger partial charge in [0.1, 0.15) is 5.60 Å². The van der Waals surface area contributed by atoms with Crippen molar-refractivity contribution >= 4 is 0 Å². The fraction of sp³-hybridized carbons (Fsp3) is 0.800. The van der Waals surface area contributed by atoms with E-state index < -0.39 is 5.60 Å². The van der Waals surface area contributed by atoms with Crippen LogP contribution in [0.15, 0.2) is 12.2 Å². The zero-order valence-electron chi connectivity index (χ0n) is 8.30. The van der Waals surface area contributed by atoms with E-state index in [4.69, 9.17) is 4.74 Å². The highest BCUT2D eigenvalue weighted by atomic mass is 16.5. The Bertz CT molecular complexity index is 122. The molecule has 1 radical (unpaired) electrons. The van der Waals surface area contributed by atoms with E-state index in [9.17, 15) is 5.11 Å². The third-order valence-electron chi connectivity index (χ3n) is 1.29. The highest BCUT2D eigenvalue weighted by Gasteiger charge is 2.13. The Balaban J connectivity index is 3.21. The molecule has 0 saturated carbocycles. The van der Waals surface area contributed by atoms with Crippen LogP contribution >= 0.6 is 0 Å². The zero-order valence-corrected chi connectivity index (χ0v) is 8.30. The van der Waals surface area contributed by atoms with Gasteiger partial charge in [0.2, 0.25) is 0 Å². The molecule has 0 saturated heterocycles. The monoisotopic (exact) mass is 171 g/mol. The quantitative estimate of drug-likeness (QED) is 0.446. The Morgan fingerprint density at radius 1 is 1.33 bits per heavy atom. The van der Waals surface area contributed by atoms with Crippen molar-refractivity contribution in [3.05, 3.63) is 12.2 Å². The molecule has 0 atom stereocenters. The molecular weight excluding hydrogens is 152 g/mol. The maximum atomic E-state index is 11.0. The average Bonchev–Trinajstić information content (AvgIpc) is 1.94. The normalized spacial score (nSPS) is 12.7. The number of hydrogen-bond donors (Lipinski definition) is 0. The molecule has 71 valence electrons. The molecule has 0 rings (SSSR count). The number of hydrogen-bond acceptors (Lipinski definition) is 1. The Hall–Kier alpha value is -0.340. The molecule has 0 amide bonds. The molecule has 2 nitrogen and oxygen atoms in total. The smallest absolute Gasteiger partial charge is 0.121 e. The predicted molar refractivity (Wildman–Crippen MR) is 49.6 cm³/mol. The second-order valence-corrected chi connectivity index (χ2v) is 3.53. The molecule has 0 aliphatic heterocycles. The van der Waals surface area contributed by atoms with Crippen molar-refractivity contribution in [1.29, 1.82) is 0 Å². The minimum Gasteiger partial charge on any atom is -0.374 e. The molecule has 2 heteroatoms. The summed E-state index contributed by atoms with van der Waals surface area (Å²) in [5.41, 5.74) is -0.960. The van der Waals surface area contributed by atoms with Crippen LogP contribution in [0, 0.1) is 0 Å². The topological polar surface area (TPSA) is 29.1 Å². The molecule has 0 aromatic rings. The summed E-state index contributed by atoms with van der Waals surface area (Å²) in [5, 5.41) is 11.0. The van der Waals surface area contributed by atoms with Gasteiger partial charge in [-0.15, -0.1) is 0 Å². The van der Waals surface area contributed by atoms with Crippen LogP contribution in [0.25, 0.3) is 0 Å². The summed E-state index contributed by atoms with van der Waals surface area (Å²) in [5.74, 6) is 0. The molecule has 0 aliphatic rings. The summed E-state index contributed by atoms with van der Waals surface area (Å²) in [6, 6.07) is 0. The fourth-order valence-electron chi connectivity index (χ4n) is 0.725. The molecular formula is C10H19O2. The first-order chi connectivity index (χ1) is 5.56. The van der Waals surface area contributed by atoms with Gasteiger partial charge in [-0.25, -0.2) is 5.11 Å². The van der Waals surface area contributed by atoms with Gasteiger partial charge in [-0.2, -0.15) is 0 Å². The van der Waals surface area contributed by atoms with Gasteiger partial charge >= 0.3 is 0 Å². The van der Waals surface area contributed by atoms with Crippen LogP contribution in [0.1, 0.15) is 33.6 Å². The summed E-state index contributed by atoms with van der Waals surface area (Å²) in [4.78, 5) is 0. The summed E-state index contributed by atoms with van der Waals surface area (Å²) >= 11 is 0. The lowest BCUT2D eigenvalue weighted by Crippen LogP contribution is -2.24. The zero-order chi connectivity index (χ0) is 9.45. The first kappa shape index (κ1) is 11.7. The van der Waals surface area contributed by atoms with Crippen molar-refractivity contribution in [2.75, 3.05) is 13.2 Å². The van der Waals surface area contributed by atoms with Crippen molar-refractivity contribution < 1.29 is 9.84 Å². The first-order valence-electron chi connectivity index (χ1n) is 4.49. The Kier molecular flexibility index (Phi) is 6.03.